The van der Waals surface area contributed by atoms with Gasteiger partial charge < -0.3 is 14.5 Å². The third-order valence-electron chi connectivity index (χ3n) is 4.31. The van der Waals surface area contributed by atoms with E-state index >= 15 is 0 Å². The molecular formula is C19H17NO2. The SMILES string of the molecule is COc1ccc2c(c1-c1c(OC)ccc3[nH]ccc13)C=CC2. The highest BCUT2D eigenvalue weighted by Crippen LogP contribution is 2.45. The number of hydrogen-bond acceptors (Lipinski definition) is 2. The Morgan fingerprint density at radius 1 is 0.909 bits per heavy atom. The summed E-state index contributed by atoms with van der Waals surface area (Å²) in [5.74, 6) is 1.73. The number of aromatic amines is 1. The minimum Gasteiger partial charge on any atom is -0.496 e. The van der Waals surface area contributed by atoms with E-state index in [9.17, 15) is 0 Å². The maximum Gasteiger partial charge on any atom is 0.127 e. The summed E-state index contributed by atoms with van der Waals surface area (Å²) in [5, 5.41) is 1.14. The van der Waals surface area contributed by atoms with E-state index in [0.717, 1.165) is 39.9 Å². The molecule has 110 valence electrons. The van der Waals surface area contributed by atoms with E-state index < -0.39 is 0 Å². The normalized spacial score (nSPS) is 12.6. The molecule has 1 heterocycles. The van der Waals surface area contributed by atoms with Gasteiger partial charge in [-0.25, -0.2) is 0 Å². The molecular weight excluding hydrogens is 274 g/mol. The van der Waals surface area contributed by atoms with Gasteiger partial charge in [-0.15, -0.1) is 0 Å². The Morgan fingerprint density at radius 2 is 1.68 bits per heavy atom. The molecule has 0 aliphatic heterocycles. The van der Waals surface area contributed by atoms with E-state index in [1.807, 2.05) is 24.4 Å². The fourth-order valence-corrected chi connectivity index (χ4v) is 3.28. The topological polar surface area (TPSA) is 34.2 Å². The fraction of sp³-hybridized carbons (Fsp3) is 0.158. The van der Waals surface area contributed by atoms with Crippen LogP contribution in [0, 0.1) is 0 Å². The number of rotatable bonds is 3. The first-order valence-electron chi connectivity index (χ1n) is 7.34. The van der Waals surface area contributed by atoms with Crippen LogP contribution in [-0.2, 0) is 6.42 Å². The van der Waals surface area contributed by atoms with E-state index in [0.29, 0.717) is 0 Å². The molecule has 3 nitrogen and oxygen atoms in total. The van der Waals surface area contributed by atoms with Crippen molar-refractivity contribution in [1.82, 2.24) is 4.98 Å². The van der Waals surface area contributed by atoms with Crippen LogP contribution in [0.1, 0.15) is 11.1 Å². The van der Waals surface area contributed by atoms with Gasteiger partial charge in [0.1, 0.15) is 11.5 Å². The Hall–Kier alpha value is -2.68. The highest BCUT2D eigenvalue weighted by atomic mass is 16.5. The summed E-state index contributed by atoms with van der Waals surface area (Å²) in [6, 6.07) is 10.3. The summed E-state index contributed by atoms with van der Waals surface area (Å²) in [6.45, 7) is 0. The molecule has 0 radical (unpaired) electrons. The minimum absolute atomic E-state index is 0.860. The van der Waals surface area contributed by atoms with Gasteiger partial charge in [0.05, 0.1) is 14.2 Å². The molecule has 1 aromatic heterocycles. The number of nitrogens with one attached hydrogen (secondary N) is 1. The predicted molar refractivity (Wildman–Crippen MR) is 89.6 cm³/mol. The number of fused-ring (bicyclic) bond motifs is 2. The Balaban J connectivity index is 2.14. The number of methoxy groups -OCH3 is 2. The molecule has 3 heteroatoms. The van der Waals surface area contributed by atoms with Crippen LogP contribution in [0.2, 0.25) is 0 Å². The second-order valence-corrected chi connectivity index (χ2v) is 5.40. The number of allylic oxidation sites excluding steroid dienone is 1. The predicted octanol–water partition coefficient (Wildman–Crippen LogP) is 4.42. The van der Waals surface area contributed by atoms with Gasteiger partial charge in [-0.3, -0.25) is 0 Å². The van der Waals surface area contributed by atoms with Crippen molar-refractivity contribution in [2.24, 2.45) is 0 Å². The first kappa shape index (κ1) is 13.0. The van der Waals surface area contributed by atoms with E-state index in [1.165, 1.54) is 11.1 Å². The van der Waals surface area contributed by atoms with E-state index in [4.69, 9.17) is 9.47 Å². The molecule has 3 aromatic rings. The molecule has 1 N–H and O–H groups in total. The van der Waals surface area contributed by atoms with Gasteiger partial charge in [0.2, 0.25) is 0 Å². The molecule has 0 atom stereocenters. The fourth-order valence-electron chi connectivity index (χ4n) is 3.28. The number of benzene rings is 2. The van der Waals surface area contributed by atoms with Crippen molar-refractivity contribution in [2.45, 2.75) is 6.42 Å². The quantitative estimate of drug-likeness (QED) is 0.775. The van der Waals surface area contributed by atoms with Crippen LogP contribution < -0.4 is 9.47 Å². The van der Waals surface area contributed by atoms with Gasteiger partial charge in [-0.2, -0.15) is 0 Å². The van der Waals surface area contributed by atoms with Crippen LogP contribution in [-0.4, -0.2) is 19.2 Å². The van der Waals surface area contributed by atoms with Crippen molar-refractivity contribution in [3.05, 3.63) is 53.7 Å². The molecule has 0 saturated heterocycles. The summed E-state index contributed by atoms with van der Waals surface area (Å²) in [4.78, 5) is 3.27. The summed E-state index contributed by atoms with van der Waals surface area (Å²) < 4.78 is 11.3. The molecule has 0 fully saturated rings. The summed E-state index contributed by atoms with van der Waals surface area (Å²) >= 11 is 0. The number of ether oxygens (including phenoxy) is 2. The van der Waals surface area contributed by atoms with E-state index in [2.05, 4.69) is 29.3 Å². The van der Waals surface area contributed by atoms with Crippen molar-refractivity contribution in [1.29, 1.82) is 0 Å². The summed E-state index contributed by atoms with van der Waals surface area (Å²) in [6.07, 6.45) is 7.30. The lowest BCUT2D eigenvalue weighted by molar-refractivity contribution is 0.410. The maximum absolute atomic E-state index is 5.65. The highest BCUT2D eigenvalue weighted by Gasteiger charge is 2.21. The lowest BCUT2D eigenvalue weighted by Crippen LogP contribution is -1.96. The largest absolute Gasteiger partial charge is 0.496 e. The van der Waals surface area contributed by atoms with Gasteiger partial charge >= 0.3 is 0 Å². The zero-order valence-corrected chi connectivity index (χ0v) is 12.6. The Bertz CT molecular complexity index is 890. The number of hydrogen-bond donors (Lipinski definition) is 1. The lowest BCUT2D eigenvalue weighted by atomic mass is 9.93. The first-order chi connectivity index (χ1) is 10.8. The smallest absolute Gasteiger partial charge is 0.127 e. The lowest BCUT2D eigenvalue weighted by Gasteiger charge is -2.17. The minimum atomic E-state index is 0.860. The second-order valence-electron chi connectivity index (χ2n) is 5.40. The Morgan fingerprint density at radius 3 is 2.50 bits per heavy atom. The van der Waals surface area contributed by atoms with Gasteiger partial charge in [0, 0.05) is 28.2 Å². The molecule has 0 unspecified atom stereocenters. The van der Waals surface area contributed by atoms with Crippen LogP contribution in [0.25, 0.3) is 28.1 Å². The highest BCUT2D eigenvalue weighted by molar-refractivity contribution is 6.02. The van der Waals surface area contributed by atoms with Crippen LogP contribution in [0.5, 0.6) is 11.5 Å². The van der Waals surface area contributed by atoms with E-state index in [-0.39, 0.29) is 0 Å². The van der Waals surface area contributed by atoms with Crippen molar-refractivity contribution in [3.8, 4) is 22.6 Å². The monoisotopic (exact) mass is 291 g/mol. The third kappa shape index (κ3) is 1.75. The molecule has 22 heavy (non-hydrogen) atoms. The number of H-pyrrole nitrogens is 1. The molecule has 2 aromatic carbocycles. The first-order valence-corrected chi connectivity index (χ1v) is 7.34. The second kappa shape index (κ2) is 4.95. The zero-order chi connectivity index (χ0) is 15.1. The summed E-state index contributed by atoms with van der Waals surface area (Å²) in [7, 11) is 3.43. The molecule has 0 bridgehead atoms. The number of aromatic nitrogens is 1. The van der Waals surface area contributed by atoms with Gasteiger partial charge in [-0.05, 0) is 41.8 Å². The molecule has 0 spiro atoms. The van der Waals surface area contributed by atoms with E-state index in [1.54, 1.807) is 14.2 Å². The van der Waals surface area contributed by atoms with Gasteiger partial charge in [-0.1, -0.05) is 18.2 Å². The van der Waals surface area contributed by atoms with Crippen molar-refractivity contribution in [3.63, 3.8) is 0 Å². The molecule has 0 saturated carbocycles. The molecule has 4 rings (SSSR count). The zero-order valence-electron chi connectivity index (χ0n) is 12.6. The van der Waals surface area contributed by atoms with Crippen molar-refractivity contribution < 1.29 is 9.47 Å². The van der Waals surface area contributed by atoms with Crippen molar-refractivity contribution >= 4 is 17.0 Å². The molecule has 0 amide bonds. The maximum atomic E-state index is 5.65. The molecule has 1 aliphatic carbocycles. The van der Waals surface area contributed by atoms with Gasteiger partial charge in [0.15, 0.2) is 0 Å². The van der Waals surface area contributed by atoms with Crippen LogP contribution >= 0.6 is 0 Å². The standard InChI is InChI=1S/C19H17NO2/c1-21-16-8-6-12-4-3-5-13(12)18(16)19-14-10-11-20-15(14)7-9-17(19)22-2/h3,5-11,20H,4H2,1-2H3. The third-order valence-corrected chi connectivity index (χ3v) is 4.31. The van der Waals surface area contributed by atoms with Gasteiger partial charge in [0.25, 0.3) is 0 Å². The van der Waals surface area contributed by atoms with Crippen LogP contribution in [0.3, 0.4) is 0 Å². The Kier molecular flexibility index (Phi) is 2.93. The van der Waals surface area contributed by atoms with Crippen LogP contribution in [0.4, 0.5) is 0 Å². The molecule has 1 aliphatic rings. The Labute approximate surface area is 129 Å². The average Bonchev–Trinajstić information content (AvgIpc) is 3.21. The average molecular weight is 291 g/mol. The van der Waals surface area contributed by atoms with Crippen molar-refractivity contribution in [2.75, 3.05) is 14.2 Å². The van der Waals surface area contributed by atoms with Crippen LogP contribution in [0.15, 0.2) is 42.6 Å². The summed E-state index contributed by atoms with van der Waals surface area (Å²) in [5.41, 5.74) is 5.84.